The molecule has 1 aromatic carbocycles. The minimum absolute atomic E-state index is 0.161. The van der Waals surface area contributed by atoms with Gasteiger partial charge in [0.2, 0.25) is 0 Å². The molecule has 8 heteroatoms. The minimum Gasteiger partial charge on any atom is -0.465 e. The predicted molar refractivity (Wildman–Crippen MR) is 63.1 cm³/mol. The van der Waals surface area contributed by atoms with Crippen LogP contribution in [-0.4, -0.2) is 28.9 Å². The van der Waals surface area contributed by atoms with E-state index in [2.05, 4.69) is 9.02 Å². The van der Waals surface area contributed by atoms with Crippen LogP contribution in [0, 0.1) is 0 Å². The quantitative estimate of drug-likeness (QED) is 0.513. The van der Waals surface area contributed by atoms with E-state index in [1.165, 1.54) is 32.4 Å². The number of esters is 1. The van der Waals surface area contributed by atoms with Crippen LogP contribution < -0.4 is 5.06 Å². The SMILES string of the molecule is COC(=O)c1ccc(N(C)OS(=O)O)cc1Cl. The van der Waals surface area contributed by atoms with E-state index < -0.39 is 17.3 Å². The number of hydrogen-bond donors (Lipinski definition) is 1. The lowest BCUT2D eigenvalue weighted by atomic mass is 10.2. The molecule has 94 valence electrons. The maximum absolute atomic E-state index is 11.3. The van der Waals surface area contributed by atoms with Gasteiger partial charge in [-0.2, -0.15) is 4.21 Å². The fourth-order valence-electron chi connectivity index (χ4n) is 1.11. The molecule has 0 fully saturated rings. The van der Waals surface area contributed by atoms with Gasteiger partial charge in [0.1, 0.15) is 0 Å². The molecule has 6 nitrogen and oxygen atoms in total. The van der Waals surface area contributed by atoms with Gasteiger partial charge in [-0.3, -0.25) is 4.55 Å². The second-order valence-electron chi connectivity index (χ2n) is 2.94. The second kappa shape index (κ2) is 5.97. The highest BCUT2D eigenvalue weighted by atomic mass is 35.5. The normalized spacial score (nSPS) is 12.0. The summed E-state index contributed by atoms with van der Waals surface area (Å²) in [5.74, 6) is -0.559. The van der Waals surface area contributed by atoms with E-state index in [4.69, 9.17) is 16.2 Å². The fourth-order valence-corrected chi connectivity index (χ4v) is 1.64. The Labute approximate surface area is 106 Å². The molecule has 0 aliphatic heterocycles. The predicted octanol–water partition coefficient (Wildman–Crippen LogP) is 1.63. The molecule has 0 amide bonds. The summed E-state index contributed by atoms with van der Waals surface area (Å²) in [7, 11) is 2.67. The third-order valence-corrected chi connectivity index (χ3v) is 2.56. The number of rotatable bonds is 4. The van der Waals surface area contributed by atoms with Gasteiger partial charge >= 0.3 is 17.3 Å². The third kappa shape index (κ3) is 3.67. The van der Waals surface area contributed by atoms with E-state index in [1.807, 2.05) is 0 Å². The van der Waals surface area contributed by atoms with Crippen LogP contribution in [0.3, 0.4) is 0 Å². The average molecular weight is 280 g/mol. The molecule has 0 saturated carbocycles. The van der Waals surface area contributed by atoms with Gasteiger partial charge in [0.25, 0.3) is 0 Å². The van der Waals surface area contributed by atoms with Gasteiger partial charge in [-0.15, -0.1) is 4.28 Å². The van der Waals surface area contributed by atoms with Gasteiger partial charge < -0.3 is 4.74 Å². The molecule has 17 heavy (non-hydrogen) atoms. The average Bonchev–Trinajstić information content (AvgIpc) is 2.27. The van der Waals surface area contributed by atoms with Crippen molar-refractivity contribution in [2.24, 2.45) is 0 Å². The highest BCUT2D eigenvalue weighted by Gasteiger charge is 2.13. The number of anilines is 1. The number of hydrogen-bond acceptors (Lipinski definition) is 5. The Morgan fingerprint density at radius 1 is 1.53 bits per heavy atom. The summed E-state index contributed by atoms with van der Waals surface area (Å²) in [6.45, 7) is 0. The molecule has 1 N–H and O–H groups in total. The Bertz CT molecular complexity index is 453. The number of halogens is 1. The number of benzene rings is 1. The van der Waals surface area contributed by atoms with E-state index in [1.54, 1.807) is 0 Å². The van der Waals surface area contributed by atoms with Crippen LogP contribution >= 0.6 is 11.6 Å². The lowest BCUT2D eigenvalue weighted by Gasteiger charge is -2.16. The van der Waals surface area contributed by atoms with Crippen LogP contribution in [-0.2, 0) is 20.4 Å². The Morgan fingerprint density at radius 2 is 2.18 bits per heavy atom. The molecular weight excluding hydrogens is 270 g/mol. The van der Waals surface area contributed by atoms with Gasteiger partial charge in [-0.05, 0) is 18.2 Å². The van der Waals surface area contributed by atoms with Gasteiger partial charge in [0.05, 0.1) is 23.4 Å². The van der Waals surface area contributed by atoms with Crippen LogP contribution in [0.2, 0.25) is 5.02 Å². The zero-order chi connectivity index (χ0) is 13.0. The van der Waals surface area contributed by atoms with Crippen molar-refractivity contribution in [2.75, 3.05) is 19.2 Å². The van der Waals surface area contributed by atoms with Crippen molar-refractivity contribution < 1.29 is 22.6 Å². The minimum atomic E-state index is -2.43. The van der Waals surface area contributed by atoms with Crippen molar-refractivity contribution in [1.82, 2.24) is 0 Å². The molecule has 0 spiro atoms. The zero-order valence-corrected chi connectivity index (χ0v) is 10.6. The topological polar surface area (TPSA) is 76.1 Å². The molecule has 0 heterocycles. The van der Waals surface area contributed by atoms with Gasteiger partial charge in [-0.1, -0.05) is 11.6 Å². The highest BCUT2D eigenvalue weighted by molar-refractivity contribution is 7.74. The highest BCUT2D eigenvalue weighted by Crippen LogP contribution is 2.24. The molecule has 0 saturated heterocycles. The molecular formula is C9H10ClNO5S. The van der Waals surface area contributed by atoms with Gasteiger partial charge in [-0.25, -0.2) is 9.86 Å². The summed E-state index contributed by atoms with van der Waals surface area (Å²) in [5, 5.41) is 1.22. The van der Waals surface area contributed by atoms with Crippen LogP contribution in [0.25, 0.3) is 0 Å². The van der Waals surface area contributed by atoms with Crippen LogP contribution in [0.5, 0.6) is 0 Å². The zero-order valence-electron chi connectivity index (χ0n) is 9.05. The largest absolute Gasteiger partial charge is 0.465 e. The maximum atomic E-state index is 11.3. The van der Waals surface area contributed by atoms with E-state index >= 15 is 0 Å². The Kier molecular flexibility index (Phi) is 4.88. The van der Waals surface area contributed by atoms with Crippen molar-refractivity contribution in [3.63, 3.8) is 0 Å². The maximum Gasteiger partial charge on any atom is 0.339 e. The molecule has 0 bridgehead atoms. The summed E-state index contributed by atoms with van der Waals surface area (Å²) in [6, 6.07) is 4.36. The summed E-state index contributed by atoms with van der Waals surface area (Å²) >= 11 is 3.43. The van der Waals surface area contributed by atoms with Gasteiger partial charge in [0.15, 0.2) is 0 Å². The first-order chi connectivity index (χ1) is 7.95. The molecule has 1 rings (SSSR count). The lowest BCUT2D eigenvalue weighted by molar-refractivity contribution is 0.0601. The molecule has 0 radical (unpaired) electrons. The van der Waals surface area contributed by atoms with Crippen molar-refractivity contribution in [3.8, 4) is 0 Å². The number of carbonyl (C=O) groups is 1. The van der Waals surface area contributed by atoms with Crippen molar-refractivity contribution in [2.45, 2.75) is 0 Å². The first-order valence-electron chi connectivity index (χ1n) is 4.36. The molecule has 1 atom stereocenters. The number of nitrogens with zero attached hydrogens (tertiary/aromatic N) is 1. The van der Waals surface area contributed by atoms with Crippen molar-refractivity contribution >= 4 is 34.6 Å². The monoisotopic (exact) mass is 279 g/mol. The lowest BCUT2D eigenvalue weighted by Crippen LogP contribution is -2.19. The Hall–Kier alpha value is -1.15. The molecule has 0 aliphatic carbocycles. The van der Waals surface area contributed by atoms with E-state index in [0.717, 1.165) is 5.06 Å². The Morgan fingerprint density at radius 3 is 2.65 bits per heavy atom. The summed E-state index contributed by atoms with van der Waals surface area (Å²) in [6.07, 6.45) is 0. The molecule has 0 aromatic heterocycles. The molecule has 1 unspecified atom stereocenters. The van der Waals surface area contributed by atoms with Crippen LogP contribution in [0.1, 0.15) is 10.4 Å². The molecule has 0 aliphatic rings. The fraction of sp³-hybridized carbons (Fsp3) is 0.222. The van der Waals surface area contributed by atoms with Crippen LogP contribution in [0.15, 0.2) is 18.2 Å². The summed E-state index contributed by atoms with van der Waals surface area (Å²) in [5.41, 5.74) is 0.626. The molecule has 1 aromatic rings. The smallest absolute Gasteiger partial charge is 0.339 e. The first kappa shape index (κ1) is 13.9. The number of carbonyl (C=O) groups excluding carboxylic acids is 1. The summed E-state index contributed by atoms with van der Waals surface area (Å²) < 4.78 is 28.0. The number of methoxy groups -OCH3 is 1. The van der Waals surface area contributed by atoms with Crippen molar-refractivity contribution in [1.29, 1.82) is 0 Å². The van der Waals surface area contributed by atoms with Crippen LogP contribution in [0.4, 0.5) is 5.69 Å². The van der Waals surface area contributed by atoms with E-state index in [0.29, 0.717) is 5.69 Å². The van der Waals surface area contributed by atoms with E-state index in [9.17, 15) is 9.00 Å². The summed E-state index contributed by atoms with van der Waals surface area (Å²) in [4.78, 5) is 11.3. The van der Waals surface area contributed by atoms with Gasteiger partial charge in [0, 0.05) is 7.05 Å². The van der Waals surface area contributed by atoms with Crippen molar-refractivity contribution in [3.05, 3.63) is 28.8 Å². The first-order valence-corrected chi connectivity index (χ1v) is 5.77. The number of hydroxylamine groups is 1. The number of ether oxygens (including phenoxy) is 1. The second-order valence-corrected chi connectivity index (χ2v) is 3.94. The van der Waals surface area contributed by atoms with E-state index in [-0.39, 0.29) is 10.6 Å². The standard InChI is InChI=1S/C9H10ClNO5S/c1-11(16-17(13)14)6-3-4-7(8(10)5-6)9(12)15-2/h3-5H,1-2H3,(H,13,14). The Balaban J connectivity index is 2.96. The third-order valence-electron chi connectivity index (χ3n) is 1.90.